The molecule has 1 unspecified atom stereocenters. The summed E-state index contributed by atoms with van der Waals surface area (Å²) in [6.07, 6.45) is 9.77. The van der Waals surface area contributed by atoms with Crippen LogP contribution in [-0.4, -0.2) is 57.6 Å². The van der Waals surface area contributed by atoms with Crippen molar-refractivity contribution in [3.05, 3.63) is 131 Å². The van der Waals surface area contributed by atoms with E-state index < -0.39 is 0 Å². The molecule has 6 rings (SSSR count). The number of imidazole rings is 1. The molecule has 3 aromatic heterocycles. The third-order valence-electron chi connectivity index (χ3n) is 8.31. The molecule has 0 bridgehead atoms. The number of aryl methyl sites for hydroxylation is 2. The number of fused-ring (bicyclic) bond motifs is 3. The molecule has 0 saturated heterocycles. The fourth-order valence-electron chi connectivity index (χ4n) is 5.67. The van der Waals surface area contributed by atoms with E-state index in [1.54, 1.807) is 30.9 Å². The minimum absolute atomic E-state index is 0.0284. The van der Waals surface area contributed by atoms with E-state index in [1.807, 2.05) is 60.3 Å². The van der Waals surface area contributed by atoms with Crippen molar-refractivity contribution in [3.63, 3.8) is 0 Å². The van der Waals surface area contributed by atoms with Crippen LogP contribution in [0.15, 0.2) is 97.8 Å². The highest BCUT2D eigenvalue weighted by atomic mass is 35.5. The fraction of sp³-hybridized carbons (Fsp3) is 0.263. The number of halogens is 1. The van der Waals surface area contributed by atoms with E-state index in [-0.39, 0.29) is 17.9 Å². The second-order valence-corrected chi connectivity index (χ2v) is 12.3. The Hall–Kier alpha value is -5.03. The normalized spacial score (nSPS) is 12.0. The van der Waals surface area contributed by atoms with Gasteiger partial charge in [0.15, 0.2) is 0 Å². The van der Waals surface area contributed by atoms with E-state index in [1.165, 1.54) is 0 Å². The van der Waals surface area contributed by atoms with Crippen molar-refractivity contribution in [1.82, 2.24) is 30.2 Å². The third-order valence-corrected chi connectivity index (χ3v) is 8.64. The number of benzene rings is 3. The maximum atomic E-state index is 12.7. The van der Waals surface area contributed by atoms with Gasteiger partial charge in [0.1, 0.15) is 6.10 Å². The lowest BCUT2D eigenvalue weighted by Crippen LogP contribution is -2.30. The van der Waals surface area contributed by atoms with Gasteiger partial charge in [0.25, 0.3) is 5.91 Å². The Morgan fingerprint density at radius 1 is 0.898 bits per heavy atom. The second kappa shape index (κ2) is 16.4. The SMILES string of the molecule is Cc1ccc(C(Cn2ccnc2)OCc2ccc(C(=O)NCCOCCNC(=O)CCc3ccc4c(c3)[nH]c3ccncc34)cc2)c(Cl)c1. The summed E-state index contributed by atoms with van der Waals surface area (Å²) in [6, 6.07) is 21.5. The second-order valence-electron chi connectivity index (χ2n) is 11.9. The number of carbonyl (C=O) groups is 2. The highest BCUT2D eigenvalue weighted by Crippen LogP contribution is 2.29. The molecule has 1 atom stereocenters. The van der Waals surface area contributed by atoms with Gasteiger partial charge in [-0.2, -0.15) is 0 Å². The maximum Gasteiger partial charge on any atom is 0.251 e. The molecular weight excluding hydrogens is 640 g/mol. The summed E-state index contributed by atoms with van der Waals surface area (Å²) in [5.41, 5.74) is 6.67. The molecule has 3 aromatic carbocycles. The Kier molecular flexibility index (Phi) is 11.3. The van der Waals surface area contributed by atoms with E-state index >= 15 is 0 Å². The third kappa shape index (κ3) is 9.11. The molecule has 0 radical (unpaired) electrons. The summed E-state index contributed by atoms with van der Waals surface area (Å²) < 4.78 is 13.9. The van der Waals surface area contributed by atoms with Crippen LogP contribution in [0.1, 0.15) is 45.1 Å². The smallest absolute Gasteiger partial charge is 0.251 e. The molecule has 0 aliphatic carbocycles. The quantitative estimate of drug-likeness (QED) is 0.103. The van der Waals surface area contributed by atoms with Crippen molar-refractivity contribution in [2.45, 2.75) is 39.0 Å². The van der Waals surface area contributed by atoms with Crippen LogP contribution in [0.25, 0.3) is 21.8 Å². The number of ether oxygens (including phenoxy) is 2. The van der Waals surface area contributed by atoms with Crippen LogP contribution in [0.3, 0.4) is 0 Å². The molecule has 252 valence electrons. The van der Waals surface area contributed by atoms with Gasteiger partial charge in [-0.25, -0.2) is 4.98 Å². The average molecular weight is 679 g/mol. The van der Waals surface area contributed by atoms with E-state index in [2.05, 4.69) is 43.8 Å². The molecule has 3 heterocycles. The predicted molar refractivity (Wildman–Crippen MR) is 190 cm³/mol. The van der Waals surface area contributed by atoms with Crippen molar-refractivity contribution < 1.29 is 19.1 Å². The van der Waals surface area contributed by atoms with E-state index in [0.717, 1.165) is 44.1 Å². The molecule has 10 nitrogen and oxygen atoms in total. The van der Waals surface area contributed by atoms with Crippen molar-refractivity contribution >= 4 is 45.2 Å². The number of aromatic amines is 1. The van der Waals surface area contributed by atoms with Crippen LogP contribution in [-0.2, 0) is 33.8 Å². The predicted octanol–water partition coefficient (Wildman–Crippen LogP) is 6.33. The zero-order chi connectivity index (χ0) is 34.0. The number of hydrogen-bond acceptors (Lipinski definition) is 6. The van der Waals surface area contributed by atoms with Gasteiger partial charge in [0.05, 0.1) is 32.7 Å². The monoisotopic (exact) mass is 678 g/mol. The first-order valence-corrected chi connectivity index (χ1v) is 16.7. The Balaban J connectivity index is 0.867. The maximum absolute atomic E-state index is 12.7. The lowest BCUT2D eigenvalue weighted by molar-refractivity contribution is -0.121. The number of pyridine rings is 1. The van der Waals surface area contributed by atoms with Gasteiger partial charge in [0.2, 0.25) is 5.91 Å². The van der Waals surface area contributed by atoms with Crippen molar-refractivity contribution in [2.75, 3.05) is 26.3 Å². The molecule has 0 fully saturated rings. The van der Waals surface area contributed by atoms with Crippen LogP contribution in [0.5, 0.6) is 0 Å². The highest BCUT2D eigenvalue weighted by Gasteiger charge is 2.17. The van der Waals surface area contributed by atoms with Crippen molar-refractivity contribution in [3.8, 4) is 0 Å². The lowest BCUT2D eigenvalue weighted by Gasteiger charge is -2.20. The summed E-state index contributed by atoms with van der Waals surface area (Å²) in [5, 5.41) is 8.65. The number of hydrogen-bond donors (Lipinski definition) is 3. The Labute approximate surface area is 289 Å². The largest absolute Gasteiger partial charge is 0.378 e. The molecule has 2 amide bonds. The van der Waals surface area contributed by atoms with Crippen LogP contribution in [0, 0.1) is 6.92 Å². The molecule has 11 heteroatoms. The summed E-state index contributed by atoms with van der Waals surface area (Å²) in [5.74, 6) is -0.213. The summed E-state index contributed by atoms with van der Waals surface area (Å²) in [4.78, 5) is 36.8. The number of amides is 2. The van der Waals surface area contributed by atoms with Crippen LogP contribution >= 0.6 is 11.6 Å². The fourth-order valence-corrected chi connectivity index (χ4v) is 6.02. The van der Waals surface area contributed by atoms with Gasteiger partial charge in [-0.1, -0.05) is 48.0 Å². The standard InChI is InChI=1S/C38H39ClN6O4/c1-26-2-9-31(33(39)20-26)36(23-45-17-14-41-25-45)49-24-28-3-7-29(8-4-28)38(47)43-16-19-48-18-15-42-37(46)11-6-27-5-10-30-32-22-40-13-12-34(32)44-35(30)21-27/h2-5,7-10,12-14,17,20-22,25,36,44H,6,11,15-16,18-19,23-24H2,1H3,(H,42,46)(H,43,47). The number of H-pyrrole nitrogens is 1. The van der Waals surface area contributed by atoms with E-state index in [4.69, 9.17) is 21.1 Å². The van der Waals surface area contributed by atoms with Crippen LogP contribution < -0.4 is 10.6 Å². The van der Waals surface area contributed by atoms with Gasteiger partial charge < -0.3 is 29.7 Å². The summed E-state index contributed by atoms with van der Waals surface area (Å²) in [7, 11) is 0. The van der Waals surface area contributed by atoms with Gasteiger partial charge in [-0.15, -0.1) is 0 Å². The topological polar surface area (TPSA) is 123 Å². The molecule has 0 spiro atoms. The minimum atomic E-state index is -0.274. The molecule has 0 aliphatic heterocycles. The Morgan fingerprint density at radius 3 is 2.51 bits per heavy atom. The van der Waals surface area contributed by atoms with Gasteiger partial charge in [0, 0.05) is 82.3 Å². The Bertz CT molecular complexity index is 2010. The van der Waals surface area contributed by atoms with Gasteiger partial charge in [-0.3, -0.25) is 14.6 Å². The van der Waals surface area contributed by atoms with E-state index in [0.29, 0.717) is 62.9 Å². The van der Waals surface area contributed by atoms with Crippen molar-refractivity contribution in [1.29, 1.82) is 0 Å². The van der Waals surface area contributed by atoms with E-state index in [9.17, 15) is 9.59 Å². The first-order valence-electron chi connectivity index (χ1n) is 16.3. The van der Waals surface area contributed by atoms with Crippen molar-refractivity contribution in [2.24, 2.45) is 0 Å². The first-order chi connectivity index (χ1) is 23.9. The number of aromatic nitrogens is 4. The number of rotatable bonds is 16. The number of carbonyl (C=O) groups excluding carboxylic acids is 2. The summed E-state index contributed by atoms with van der Waals surface area (Å²) in [6.45, 7) is 4.40. The molecule has 6 aromatic rings. The zero-order valence-corrected chi connectivity index (χ0v) is 28.1. The highest BCUT2D eigenvalue weighted by molar-refractivity contribution is 6.31. The zero-order valence-electron chi connectivity index (χ0n) is 27.3. The first kappa shape index (κ1) is 33.9. The molecule has 0 aliphatic rings. The van der Waals surface area contributed by atoms with Crippen LogP contribution in [0.4, 0.5) is 0 Å². The molecule has 0 saturated carbocycles. The molecule has 3 N–H and O–H groups in total. The summed E-state index contributed by atoms with van der Waals surface area (Å²) >= 11 is 6.57. The molecular formula is C38H39ClN6O4. The Morgan fingerprint density at radius 2 is 1.71 bits per heavy atom. The minimum Gasteiger partial charge on any atom is -0.378 e. The average Bonchev–Trinajstić information content (AvgIpc) is 3.76. The number of nitrogens with zero attached hydrogens (tertiary/aromatic N) is 3. The van der Waals surface area contributed by atoms with Gasteiger partial charge >= 0.3 is 0 Å². The van der Waals surface area contributed by atoms with Gasteiger partial charge in [-0.05, 0) is 60.4 Å². The lowest BCUT2D eigenvalue weighted by atomic mass is 10.1. The molecule has 49 heavy (non-hydrogen) atoms. The number of nitrogens with one attached hydrogen (secondary N) is 3. The van der Waals surface area contributed by atoms with Crippen LogP contribution in [0.2, 0.25) is 5.02 Å².